The number of hydrogen-bond acceptors (Lipinski definition) is 6. The number of nitrogens with zero attached hydrogens (tertiary/aromatic N) is 1. The Morgan fingerprint density at radius 2 is 1.54 bits per heavy atom. The number of imide groups is 1. The van der Waals surface area contributed by atoms with Gasteiger partial charge in [-0.25, -0.2) is 4.79 Å². The van der Waals surface area contributed by atoms with Gasteiger partial charge < -0.3 is 20.7 Å². The van der Waals surface area contributed by atoms with Crippen molar-refractivity contribution in [3.8, 4) is 0 Å². The maximum Gasteiger partial charge on any atom is 0.407 e. The molecule has 2 aromatic carbocycles. The number of carbonyl (C=O) groups is 5. The lowest BCUT2D eigenvalue weighted by Crippen LogP contribution is -2.40. The zero-order chi connectivity index (χ0) is 25.6. The first kappa shape index (κ1) is 25.4. The zero-order valence-corrected chi connectivity index (χ0v) is 19.8. The molecule has 35 heavy (non-hydrogen) atoms. The van der Waals surface area contributed by atoms with Crippen molar-refractivity contribution in [1.82, 2.24) is 15.5 Å². The minimum absolute atomic E-state index is 0.0560. The van der Waals surface area contributed by atoms with E-state index in [9.17, 15) is 24.0 Å². The third-order valence-corrected chi connectivity index (χ3v) is 4.90. The van der Waals surface area contributed by atoms with Crippen LogP contribution < -0.4 is 16.0 Å². The highest BCUT2D eigenvalue weighted by molar-refractivity contribution is 6.22. The van der Waals surface area contributed by atoms with Crippen molar-refractivity contribution < 1.29 is 28.7 Å². The normalized spacial score (nSPS) is 12.7. The highest BCUT2D eigenvalue weighted by Crippen LogP contribution is 2.22. The molecule has 5 amide bonds. The zero-order valence-electron chi connectivity index (χ0n) is 19.8. The molecule has 3 rings (SSSR count). The van der Waals surface area contributed by atoms with Crippen LogP contribution >= 0.6 is 0 Å². The average molecular weight is 481 g/mol. The third kappa shape index (κ3) is 7.13. The number of anilines is 1. The van der Waals surface area contributed by atoms with E-state index in [-0.39, 0.29) is 43.1 Å². The predicted molar refractivity (Wildman–Crippen MR) is 128 cm³/mol. The quantitative estimate of drug-likeness (QED) is 0.497. The molecule has 0 bridgehead atoms. The van der Waals surface area contributed by atoms with E-state index in [2.05, 4.69) is 16.0 Å². The molecule has 2 aromatic rings. The van der Waals surface area contributed by atoms with Gasteiger partial charge in [-0.1, -0.05) is 24.3 Å². The first-order valence-electron chi connectivity index (χ1n) is 11.1. The molecule has 1 heterocycles. The lowest BCUT2D eigenvalue weighted by molar-refractivity contribution is -0.121. The molecule has 184 valence electrons. The van der Waals surface area contributed by atoms with Crippen LogP contribution in [0.15, 0.2) is 48.5 Å². The van der Waals surface area contributed by atoms with Gasteiger partial charge in [-0.3, -0.25) is 24.1 Å². The number of hydrogen-bond donors (Lipinski definition) is 3. The molecule has 0 fully saturated rings. The summed E-state index contributed by atoms with van der Waals surface area (Å²) in [6.07, 6.45) is -0.537. The van der Waals surface area contributed by atoms with Gasteiger partial charge in [0.05, 0.1) is 11.1 Å². The van der Waals surface area contributed by atoms with Crippen LogP contribution in [0, 0.1) is 0 Å². The molecule has 0 saturated carbocycles. The highest BCUT2D eigenvalue weighted by atomic mass is 16.6. The highest BCUT2D eigenvalue weighted by Gasteiger charge is 2.36. The van der Waals surface area contributed by atoms with Gasteiger partial charge in [0.1, 0.15) is 12.1 Å². The summed E-state index contributed by atoms with van der Waals surface area (Å²) in [5.74, 6) is -1.77. The fourth-order valence-electron chi connectivity index (χ4n) is 3.36. The molecule has 10 nitrogen and oxygen atoms in total. The average Bonchev–Trinajstić information content (AvgIpc) is 3.02. The van der Waals surface area contributed by atoms with Crippen LogP contribution in [0.3, 0.4) is 0 Å². The Bertz CT molecular complexity index is 1120. The van der Waals surface area contributed by atoms with Gasteiger partial charge >= 0.3 is 6.09 Å². The van der Waals surface area contributed by atoms with Crippen LogP contribution in [0.25, 0.3) is 0 Å². The van der Waals surface area contributed by atoms with Gasteiger partial charge in [-0.05, 0) is 50.6 Å². The van der Waals surface area contributed by atoms with Crippen molar-refractivity contribution in [1.29, 1.82) is 0 Å². The lowest BCUT2D eigenvalue weighted by Gasteiger charge is -2.19. The summed E-state index contributed by atoms with van der Waals surface area (Å²) >= 11 is 0. The van der Waals surface area contributed by atoms with Crippen LogP contribution in [0.1, 0.15) is 53.5 Å². The van der Waals surface area contributed by atoms with Crippen LogP contribution in [-0.2, 0) is 20.9 Å². The number of nitrogens with one attached hydrogen (secondary N) is 3. The summed E-state index contributed by atoms with van der Waals surface area (Å²) in [4.78, 5) is 61.9. The van der Waals surface area contributed by atoms with Crippen LogP contribution in [0.2, 0.25) is 0 Å². The van der Waals surface area contributed by atoms with E-state index >= 15 is 0 Å². The standard InChI is InChI=1S/C25H28N4O6/c1-25(2,3)35-24(34)26-12-11-20(30)28-17-8-6-7-16(13-17)14-27-21(31)15-29-22(32)18-9-4-5-10-19(18)23(29)33/h4-10,13H,11-12,14-15H2,1-3H3,(H,26,34)(H,27,31)(H,28,30). The second-order valence-electron chi connectivity index (χ2n) is 8.95. The number of benzene rings is 2. The Morgan fingerprint density at radius 3 is 2.17 bits per heavy atom. The molecular formula is C25H28N4O6. The molecule has 1 aliphatic rings. The van der Waals surface area contributed by atoms with E-state index in [4.69, 9.17) is 4.74 Å². The number of carbonyl (C=O) groups excluding carboxylic acids is 5. The Balaban J connectivity index is 1.44. The topological polar surface area (TPSA) is 134 Å². The molecule has 0 aliphatic carbocycles. The third-order valence-electron chi connectivity index (χ3n) is 4.90. The first-order valence-corrected chi connectivity index (χ1v) is 11.1. The molecule has 3 N–H and O–H groups in total. The van der Waals surface area contributed by atoms with E-state index in [1.165, 1.54) is 0 Å². The van der Waals surface area contributed by atoms with E-state index in [1.54, 1.807) is 69.3 Å². The maximum absolute atomic E-state index is 12.4. The van der Waals surface area contributed by atoms with E-state index < -0.39 is 29.4 Å². The van der Waals surface area contributed by atoms with Crippen LogP contribution in [0.4, 0.5) is 10.5 Å². The van der Waals surface area contributed by atoms with Gasteiger partial charge in [0.25, 0.3) is 11.8 Å². The van der Waals surface area contributed by atoms with Crippen LogP contribution in [0.5, 0.6) is 0 Å². The van der Waals surface area contributed by atoms with Gasteiger partial charge in [0.2, 0.25) is 11.8 Å². The molecule has 0 radical (unpaired) electrons. The fourth-order valence-corrected chi connectivity index (χ4v) is 3.36. The Hall–Kier alpha value is -4.21. The van der Waals surface area contributed by atoms with Crippen molar-refractivity contribution in [2.45, 2.75) is 39.3 Å². The summed E-state index contributed by atoms with van der Waals surface area (Å²) in [6.45, 7) is 5.13. The summed E-state index contributed by atoms with van der Waals surface area (Å²) in [5, 5.41) is 7.93. The minimum Gasteiger partial charge on any atom is -0.444 e. The summed E-state index contributed by atoms with van der Waals surface area (Å²) in [5.41, 5.74) is 1.20. The monoisotopic (exact) mass is 480 g/mol. The number of alkyl carbamates (subject to hydrolysis) is 1. The summed E-state index contributed by atoms with van der Waals surface area (Å²) in [7, 11) is 0. The van der Waals surface area contributed by atoms with Crippen molar-refractivity contribution in [3.05, 3.63) is 65.2 Å². The van der Waals surface area contributed by atoms with Gasteiger partial charge in [0, 0.05) is 25.2 Å². The fraction of sp³-hybridized carbons (Fsp3) is 0.320. The molecule has 1 aliphatic heterocycles. The lowest BCUT2D eigenvalue weighted by atomic mass is 10.1. The maximum atomic E-state index is 12.4. The predicted octanol–water partition coefficient (Wildman–Crippen LogP) is 2.45. The largest absolute Gasteiger partial charge is 0.444 e. The molecule has 0 unspecified atom stereocenters. The summed E-state index contributed by atoms with van der Waals surface area (Å²) < 4.78 is 5.11. The van der Waals surface area contributed by atoms with E-state index in [0.717, 1.165) is 4.90 Å². The number of fused-ring (bicyclic) bond motifs is 1. The minimum atomic E-state index is -0.618. The van der Waals surface area contributed by atoms with Crippen molar-refractivity contribution in [3.63, 3.8) is 0 Å². The molecular weight excluding hydrogens is 452 g/mol. The molecule has 0 spiro atoms. The van der Waals surface area contributed by atoms with E-state index in [1.807, 2.05) is 0 Å². The second kappa shape index (κ2) is 10.8. The van der Waals surface area contributed by atoms with Gasteiger partial charge in [-0.15, -0.1) is 0 Å². The molecule has 0 atom stereocenters. The van der Waals surface area contributed by atoms with Crippen molar-refractivity contribution >= 4 is 35.4 Å². The Morgan fingerprint density at radius 1 is 0.886 bits per heavy atom. The first-order chi connectivity index (χ1) is 16.5. The number of rotatable bonds is 8. The van der Waals surface area contributed by atoms with E-state index in [0.29, 0.717) is 11.3 Å². The van der Waals surface area contributed by atoms with Crippen molar-refractivity contribution in [2.24, 2.45) is 0 Å². The number of ether oxygens (including phenoxy) is 1. The molecule has 0 aromatic heterocycles. The smallest absolute Gasteiger partial charge is 0.407 e. The van der Waals surface area contributed by atoms with Crippen LogP contribution in [-0.4, -0.2) is 53.3 Å². The second-order valence-corrected chi connectivity index (χ2v) is 8.95. The summed E-state index contributed by atoms with van der Waals surface area (Å²) in [6, 6.07) is 13.3. The van der Waals surface area contributed by atoms with Crippen molar-refractivity contribution in [2.75, 3.05) is 18.4 Å². The Labute approximate surface area is 203 Å². The SMILES string of the molecule is CC(C)(C)OC(=O)NCCC(=O)Nc1cccc(CNC(=O)CN2C(=O)c3ccccc3C2=O)c1. The molecule has 10 heteroatoms. The Kier molecular flexibility index (Phi) is 7.85. The molecule has 0 saturated heterocycles. The van der Waals surface area contributed by atoms with Gasteiger partial charge in [0.15, 0.2) is 0 Å². The van der Waals surface area contributed by atoms with Gasteiger partial charge in [-0.2, -0.15) is 0 Å². The number of amides is 5.